The van der Waals surface area contributed by atoms with Gasteiger partial charge < -0.3 is 10.4 Å². The summed E-state index contributed by atoms with van der Waals surface area (Å²) in [7, 11) is 0. The molecule has 1 aliphatic rings. The Morgan fingerprint density at radius 2 is 2.00 bits per heavy atom. The predicted octanol–water partition coefficient (Wildman–Crippen LogP) is 3.59. The van der Waals surface area contributed by atoms with Gasteiger partial charge in [0.05, 0.1) is 11.1 Å². The lowest BCUT2D eigenvalue weighted by atomic mass is 10.3. The first-order valence-corrected chi connectivity index (χ1v) is 8.43. The van der Waals surface area contributed by atoms with Crippen molar-refractivity contribution in [1.82, 2.24) is 4.90 Å². The van der Waals surface area contributed by atoms with E-state index in [1.807, 2.05) is 13.0 Å². The number of carbonyl (C=O) groups excluding carboxylic acids is 1. The lowest BCUT2D eigenvalue weighted by molar-refractivity contribution is -0.141. The van der Waals surface area contributed by atoms with Gasteiger partial charge in [-0.05, 0) is 50.9 Å². The van der Waals surface area contributed by atoms with Crippen molar-refractivity contribution in [1.29, 1.82) is 0 Å². The molecule has 0 saturated carbocycles. The van der Waals surface area contributed by atoms with Crippen LogP contribution in [0, 0.1) is 0 Å². The number of halogens is 2. The fourth-order valence-corrected chi connectivity index (χ4v) is 4.29. The zero-order valence-corrected chi connectivity index (χ0v) is 14.5. The van der Waals surface area contributed by atoms with Gasteiger partial charge in [-0.3, -0.25) is 4.90 Å². The molecule has 1 aromatic rings. The van der Waals surface area contributed by atoms with Gasteiger partial charge in [-0.2, -0.15) is 0 Å². The summed E-state index contributed by atoms with van der Waals surface area (Å²) in [5.74, 6) is -0.579. The number of hydrogen-bond acceptors (Lipinski definition) is 3. The predicted molar refractivity (Wildman–Crippen MR) is 86.0 cm³/mol. The first kappa shape index (κ1) is 15.7. The van der Waals surface area contributed by atoms with Crippen molar-refractivity contribution >= 4 is 61.3 Å². The van der Waals surface area contributed by atoms with E-state index < -0.39 is 18.0 Å². The van der Waals surface area contributed by atoms with E-state index in [9.17, 15) is 14.7 Å². The minimum absolute atomic E-state index is 0.169. The summed E-state index contributed by atoms with van der Waals surface area (Å²) in [6.07, 6.45) is 0. The van der Waals surface area contributed by atoms with E-state index in [0.29, 0.717) is 11.4 Å². The van der Waals surface area contributed by atoms with E-state index in [0.717, 1.165) is 8.95 Å². The zero-order chi connectivity index (χ0) is 14.9. The molecular formula is C12H12Br2N2O3S. The SMILES string of the molecule is CC1SCC(C(=O)O)N1C(=O)Nc1c(Br)cccc1Br. The molecule has 1 aromatic carbocycles. The second-order valence-electron chi connectivity index (χ2n) is 4.22. The molecule has 0 spiro atoms. The summed E-state index contributed by atoms with van der Waals surface area (Å²) < 4.78 is 1.46. The van der Waals surface area contributed by atoms with E-state index in [-0.39, 0.29) is 5.37 Å². The monoisotopic (exact) mass is 422 g/mol. The van der Waals surface area contributed by atoms with Crippen LogP contribution in [0.4, 0.5) is 10.5 Å². The van der Waals surface area contributed by atoms with Crippen LogP contribution in [0.15, 0.2) is 27.1 Å². The summed E-state index contributed by atoms with van der Waals surface area (Å²) in [6.45, 7) is 1.82. The van der Waals surface area contributed by atoms with Gasteiger partial charge in [0.1, 0.15) is 6.04 Å². The molecule has 1 fully saturated rings. The van der Waals surface area contributed by atoms with E-state index >= 15 is 0 Å². The van der Waals surface area contributed by atoms with Gasteiger partial charge in [0, 0.05) is 14.7 Å². The Kier molecular flexibility index (Phi) is 4.98. The number of amides is 2. The Morgan fingerprint density at radius 3 is 2.55 bits per heavy atom. The third-order valence-corrected chi connectivity index (χ3v) is 5.48. The summed E-state index contributed by atoms with van der Waals surface area (Å²) in [5.41, 5.74) is 0.589. The first-order chi connectivity index (χ1) is 9.41. The highest BCUT2D eigenvalue weighted by Gasteiger charge is 2.39. The van der Waals surface area contributed by atoms with Gasteiger partial charge in [0.2, 0.25) is 0 Å². The highest BCUT2D eigenvalue weighted by atomic mass is 79.9. The first-order valence-electron chi connectivity index (χ1n) is 5.79. The number of carbonyl (C=O) groups is 2. The van der Waals surface area contributed by atoms with Gasteiger partial charge in [-0.15, -0.1) is 11.8 Å². The molecule has 8 heteroatoms. The quantitative estimate of drug-likeness (QED) is 0.762. The summed E-state index contributed by atoms with van der Waals surface area (Å²) >= 11 is 8.17. The van der Waals surface area contributed by atoms with Crippen molar-refractivity contribution < 1.29 is 14.7 Å². The highest BCUT2D eigenvalue weighted by Crippen LogP contribution is 2.33. The minimum Gasteiger partial charge on any atom is -0.480 e. The van der Waals surface area contributed by atoms with Crippen LogP contribution < -0.4 is 5.32 Å². The molecular weight excluding hydrogens is 412 g/mol. The number of nitrogens with zero attached hydrogens (tertiary/aromatic N) is 1. The van der Waals surface area contributed by atoms with Gasteiger partial charge in [0.15, 0.2) is 0 Å². The fraction of sp³-hybridized carbons (Fsp3) is 0.333. The van der Waals surface area contributed by atoms with E-state index in [1.54, 1.807) is 12.1 Å². The third kappa shape index (κ3) is 3.12. The highest BCUT2D eigenvalue weighted by molar-refractivity contribution is 9.11. The molecule has 2 atom stereocenters. The van der Waals surface area contributed by atoms with E-state index in [4.69, 9.17) is 0 Å². The van der Waals surface area contributed by atoms with Crippen LogP contribution in [-0.2, 0) is 4.79 Å². The standard InChI is InChI=1S/C12H12Br2N2O3S/c1-6-16(9(5-20-6)11(17)18)12(19)15-10-7(13)3-2-4-8(10)14/h2-4,6,9H,5H2,1H3,(H,15,19)(H,17,18). The Labute approximate surface area is 137 Å². The Bertz CT molecular complexity index is 535. The maximum absolute atomic E-state index is 12.3. The lowest BCUT2D eigenvalue weighted by Crippen LogP contribution is -2.46. The number of thioether (sulfide) groups is 1. The van der Waals surface area contributed by atoms with Gasteiger partial charge in [0.25, 0.3) is 0 Å². The summed E-state index contributed by atoms with van der Waals surface area (Å²) in [6, 6.07) is 4.23. The molecule has 0 aromatic heterocycles. The molecule has 0 radical (unpaired) electrons. The average molecular weight is 424 g/mol. The lowest BCUT2D eigenvalue weighted by Gasteiger charge is -2.25. The summed E-state index contributed by atoms with van der Waals surface area (Å²) in [5, 5.41) is 11.8. The molecule has 0 aliphatic carbocycles. The topological polar surface area (TPSA) is 69.6 Å². The summed E-state index contributed by atoms with van der Waals surface area (Å²) in [4.78, 5) is 24.9. The van der Waals surface area contributed by atoms with E-state index in [1.165, 1.54) is 16.7 Å². The molecule has 0 bridgehead atoms. The van der Waals surface area contributed by atoms with Gasteiger partial charge >= 0.3 is 12.0 Å². The van der Waals surface area contributed by atoms with Crippen LogP contribution in [0.2, 0.25) is 0 Å². The maximum atomic E-state index is 12.3. The van der Waals surface area contributed by atoms with Crippen molar-refractivity contribution in [3.8, 4) is 0 Å². The molecule has 2 amide bonds. The molecule has 5 nitrogen and oxygen atoms in total. The number of carboxylic acids is 1. The second kappa shape index (κ2) is 6.36. The minimum atomic E-state index is -0.983. The average Bonchev–Trinajstić information content (AvgIpc) is 2.76. The number of urea groups is 1. The van der Waals surface area contributed by atoms with Gasteiger partial charge in [-0.1, -0.05) is 6.07 Å². The van der Waals surface area contributed by atoms with E-state index in [2.05, 4.69) is 37.2 Å². The van der Waals surface area contributed by atoms with Crippen LogP contribution >= 0.6 is 43.6 Å². The van der Waals surface area contributed by atoms with Crippen LogP contribution in [0.3, 0.4) is 0 Å². The number of para-hydroxylation sites is 1. The van der Waals surface area contributed by atoms with Crippen molar-refractivity contribution in [3.05, 3.63) is 27.1 Å². The Morgan fingerprint density at radius 1 is 1.40 bits per heavy atom. The molecule has 1 saturated heterocycles. The zero-order valence-electron chi connectivity index (χ0n) is 10.5. The number of carboxylic acid groups (broad SMARTS) is 1. The third-order valence-electron chi connectivity index (χ3n) is 2.94. The number of benzene rings is 1. The van der Waals surface area contributed by atoms with Crippen molar-refractivity contribution in [2.45, 2.75) is 18.3 Å². The molecule has 108 valence electrons. The van der Waals surface area contributed by atoms with Crippen molar-refractivity contribution in [2.75, 3.05) is 11.1 Å². The number of nitrogens with one attached hydrogen (secondary N) is 1. The molecule has 1 aliphatic heterocycles. The number of rotatable bonds is 2. The normalized spacial score (nSPS) is 21.9. The molecule has 1 heterocycles. The number of hydrogen-bond donors (Lipinski definition) is 2. The smallest absolute Gasteiger partial charge is 0.327 e. The largest absolute Gasteiger partial charge is 0.480 e. The van der Waals surface area contributed by atoms with Crippen molar-refractivity contribution in [3.63, 3.8) is 0 Å². The number of anilines is 1. The molecule has 2 rings (SSSR count). The molecule has 2 N–H and O–H groups in total. The number of aliphatic carboxylic acids is 1. The fourth-order valence-electron chi connectivity index (χ4n) is 1.93. The van der Waals surface area contributed by atoms with Gasteiger partial charge in [-0.25, -0.2) is 9.59 Å². The van der Waals surface area contributed by atoms with Crippen LogP contribution in [0.5, 0.6) is 0 Å². The van der Waals surface area contributed by atoms with Crippen LogP contribution in [0.1, 0.15) is 6.92 Å². The van der Waals surface area contributed by atoms with Crippen LogP contribution in [-0.4, -0.2) is 39.2 Å². The second-order valence-corrected chi connectivity index (χ2v) is 7.28. The Balaban J connectivity index is 2.21. The van der Waals surface area contributed by atoms with Crippen LogP contribution in [0.25, 0.3) is 0 Å². The molecule has 20 heavy (non-hydrogen) atoms. The molecule has 2 unspecified atom stereocenters. The van der Waals surface area contributed by atoms with Crippen molar-refractivity contribution in [2.24, 2.45) is 0 Å². The Hall–Kier alpha value is -0.730. The maximum Gasteiger partial charge on any atom is 0.327 e.